The minimum absolute atomic E-state index is 0.0474. The van der Waals surface area contributed by atoms with Crippen LogP contribution in [0.25, 0.3) is 0 Å². The van der Waals surface area contributed by atoms with Crippen LogP contribution in [0.15, 0.2) is 43.0 Å². The zero-order chi connectivity index (χ0) is 10.4. The normalized spacial score (nSPS) is 12.0. The molecule has 1 rings (SSSR count). The molecular weight excluding hydrogens is 176 g/mol. The van der Waals surface area contributed by atoms with Crippen molar-refractivity contribution in [1.82, 2.24) is 0 Å². The number of carboxylic acids is 1. The largest absolute Gasteiger partial charge is 0.481 e. The fourth-order valence-electron chi connectivity index (χ4n) is 1.47. The maximum atomic E-state index is 10.6. The Kier molecular flexibility index (Phi) is 3.92. The highest BCUT2D eigenvalue weighted by molar-refractivity contribution is 5.68. The summed E-state index contributed by atoms with van der Waals surface area (Å²) < 4.78 is 0. The van der Waals surface area contributed by atoms with E-state index in [1.54, 1.807) is 6.08 Å². The second kappa shape index (κ2) is 5.22. The molecule has 1 atom stereocenters. The summed E-state index contributed by atoms with van der Waals surface area (Å²) in [6.45, 7) is 3.64. The van der Waals surface area contributed by atoms with Crippen molar-refractivity contribution in [2.24, 2.45) is 0 Å². The average Bonchev–Trinajstić information content (AvgIpc) is 2.18. The van der Waals surface area contributed by atoms with E-state index in [4.69, 9.17) is 5.11 Å². The fraction of sp³-hybridized carbons (Fsp3) is 0.250. The van der Waals surface area contributed by atoms with Crippen LogP contribution in [0, 0.1) is 0 Å². The Bertz CT molecular complexity index is 303. The van der Waals surface area contributed by atoms with Crippen LogP contribution in [0.1, 0.15) is 24.3 Å². The summed E-state index contributed by atoms with van der Waals surface area (Å²) in [5.74, 6) is -0.716. The molecule has 14 heavy (non-hydrogen) atoms. The highest BCUT2D eigenvalue weighted by Crippen LogP contribution is 2.23. The number of carbonyl (C=O) groups is 1. The summed E-state index contributed by atoms with van der Waals surface area (Å²) in [5, 5.41) is 8.74. The molecule has 0 aliphatic rings. The molecule has 0 radical (unpaired) electrons. The number of benzene rings is 1. The molecule has 0 fully saturated rings. The summed E-state index contributed by atoms with van der Waals surface area (Å²) in [6, 6.07) is 9.68. The molecule has 1 N–H and O–H groups in total. The average molecular weight is 190 g/mol. The van der Waals surface area contributed by atoms with Gasteiger partial charge in [-0.25, -0.2) is 0 Å². The Hall–Kier alpha value is -1.57. The lowest BCUT2D eigenvalue weighted by molar-refractivity contribution is -0.137. The molecule has 2 nitrogen and oxygen atoms in total. The third-order valence-corrected chi connectivity index (χ3v) is 2.14. The molecule has 1 aromatic rings. The summed E-state index contributed by atoms with van der Waals surface area (Å²) in [5.41, 5.74) is 1.06. The molecule has 0 aliphatic carbocycles. The van der Waals surface area contributed by atoms with Gasteiger partial charge < -0.3 is 5.11 Å². The summed E-state index contributed by atoms with van der Waals surface area (Å²) in [6.07, 6.45) is 2.63. The fourth-order valence-corrected chi connectivity index (χ4v) is 1.47. The summed E-state index contributed by atoms with van der Waals surface area (Å²) >= 11 is 0. The van der Waals surface area contributed by atoms with Crippen LogP contribution in [0.3, 0.4) is 0 Å². The Labute approximate surface area is 83.9 Å². The molecule has 74 valence electrons. The van der Waals surface area contributed by atoms with Crippen molar-refractivity contribution in [3.05, 3.63) is 48.6 Å². The lowest BCUT2D eigenvalue weighted by Crippen LogP contribution is -2.05. The van der Waals surface area contributed by atoms with E-state index >= 15 is 0 Å². The topological polar surface area (TPSA) is 37.3 Å². The quantitative estimate of drug-likeness (QED) is 0.725. The predicted octanol–water partition coefficient (Wildman–Crippen LogP) is 2.82. The number of carboxylic acid groups (broad SMARTS) is 1. The molecule has 0 saturated carbocycles. The molecule has 0 amide bonds. The van der Waals surface area contributed by atoms with E-state index in [0.717, 1.165) is 5.56 Å². The Morgan fingerprint density at radius 3 is 2.57 bits per heavy atom. The Morgan fingerprint density at radius 2 is 2.07 bits per heavy atom. The van der Waals surface area contributed by atoms with Gasteiger partial charge >= 0.3 is 5.97 Å². The van der Waals surface area contributed by atoms with E-state index in [1.165, 1.54) is 0 Å². The van der Waals surface area contributed by atoms with Gasteiger partial charge in [0.05, 0.1) is 6.42 Å². The van der Waals surface area contributed by atoms with Crippen LogP contribution < -0.4 is 0 Å². The number of rotatable bonds is 5. The van der Waals surface area contributed by atoms with Crippen molar-refractivity contribution in [3.63, 3.8) is 0 Å². The monoisotopic (exact) mass is 190 g/mol. The first-order valence-electron chi connectivity index (χ1n) is 4.61. The van der Waals surface area contributed by atoms with Crippen molar-refractivity contribution in [1.29, 1.82) is 0 Å². The Morgan fingerprint density at radius 1 is 1.43 bits per heavy atom. The summed E-state index contributed by atoms with van der Waals surface area (Å²) in [4.78, 5) is 10.6. The summed E-state index contributed by atoms with van der Waals surface area (Å²) in [7, 11) is 0. The smallest absolute Gasteiger partial charge is 0.303 e. The zero-order valence-electron chi connectivity index (χ0n) is 8.02. The molecule has 0 saturated heterocycles. The van der Waals surface area contributed by atoms with Gasteiger partial charge in [0.1, 0.15) is 0 Å². The van der Waals surface area contributed by atoms with Crippen LogP contribution >= 0.6 is 0 Å². The van der Waals surface area contributed by atoms with Gasteiger partial charge in [-0.1, -0.05) is 36.4 Å². The van der Waals surface area contributed by atoms with Crippen LogP contribution in [-0.4, -0.2) is 11.1 Å². The zero-order valence-corrected chi connectivity index (χ0v) is 8.02. The lowest BCUT2D eigenvalue weighted by Gasteiger charge is -2.12. The van der Waals surface area contributed by atoms with Crippen molar-refractivity contribution in [2.45, 2.75) is 18.8 Å². The van der Waals surface area contributed by atoms with Crippen molar-refractivity contribution < 1.29 is 9.90 Å². The van der Waals surface area contributed by atoms with Gasteiger partial charge in [-0.2, -0.15) is 0 Å². The molecule has 0 aromatic heterocycles. The van der Waals surface area contributed by atoms with Crippen molar-refractivity contribution in [2.75, 3.05) is 0 Å². The number of hydrogen-bond acceptors (Lipinski definition) is 1. The minimum Gasteiger partial charge on any atom is -0.481 e. The molecule has 0 aliphatic heterocycles. The van der Waals surface area contributed by atoms with Gasteiger partial charge in [-0.05, 0) is 17.9 Å². The van der Waals surface area contributed by atoms with Crippen molar-refractivity contribution >= 4 is 5.97 Å². The van der Waals surface area contributed by atoms with E-state index in [9.17, 15) is 4.79 Å². The first kappa shape index (κ1) is 10.5. The number of aliphatic carboxylic acids is 1. The van der Waals surface area contributed by atoms with Gasteiger partial charge in [-0.3, -0.25) is 4.79 Å². The van der Waals surface area contributed by atoms with Gasteiger partial charge in [0.2, 0.25) is 0 Å². The second-order valence-electron chi connectivity index (χ2n) is 3.23. The van der Waals surface area contributed by atoms with Crippen LogP contribution in [0.4, 0.5) is 0 Å². The molecule has 2 heteroatoms. The third-order valence-electron chi connectivity index (χ3n) is 2.14. The molecule has 0 spiro atoms. The maximum Gasteiger partial charge on any atom is 0.303 e. The molecule has 0 bridgehead atoms. The first-order chi connectivity index (χ1) is 6.74. The van der Waals surface area contributed by atoms with E-state index in [-0.39, 0.29) is 12.3 Å². The minimum atomic E-state index is -0.763. The van der Waals surface area contributed by atoms with Gasteiger partial charge in [0.25, 0.3) is 0 Å². The molecule has 0 heterocycles. The van der Waals surface area contributed by atoms with Crippen LogP contribution in [-0.2, 0) is 4.79 Å². The number of hydrogen-bond donors (Lipinski definition) is 1. The molecule has 0 unspecified atom stereocenters. The van der Waals surface area contributed by atoms with E-state index in [0.29, 0.717) is 6.42 Å². The van der Waals surface area contributed by atoms with E-state index in [2.05, 4.69) is 6.58 Å². The molecular formula is C12H14O2. The third kappa shape index (κ3) is 3.05. The maximum absolute atomic E-state index is 10.6. The van der Waals surface area contributed by atoms with Crippen molar-refractivity contribution in [3.8, 4) is 0 Å². The SMILES string of the molecule is C=CC[C@H](CC(=O)O)c1ccccc1. The van der Waals surface area contributed by atoms with Gasteiger partial charge in [-0.15, -0.1) is 6.58 Å². The van der Waals surface area contributed by atoms with E-state index < -0.39 is 5.97 Å². The van der Waals surface area contributed by atoms with Gasteiger partial charge in [0, 0.05) is 0 Å². The first-order valence-corrected chi connectivity index (χ1v) is 4.61. The van der Waals surface area contributed by atoms with Crippen LogP contribution in [0.5, 0.6) is 0 Å². The van der Waals surface area contributed by atoms with Crippen LogP contribution in [0.2, 0.25) is 0 Å². The van der Waals surface area contributed by atoms with Gasteiger partial charge in [0.15, 0.2) is 0 Å². The Balaban J connectivity index is 2.77. The highest BCUT2D eigenvalue weighted by atomic mass is 16.4. The molecule has 1 aromatic carbocycles. The standard InChI is InChI=1S/C12H14O2/c1-2-6-11(9-12(13)14)10-7-4-3-5-8-10/h2-5,7-8,11H,1,6,9H2,(H,13,14)/t11-/m1/s1. The number of allylic oxidation sites excluding steroid dienone is 1. The highest BCUT2D eigenvalue weighted by Gasteiger charge is 2.13. The predicted molar refractivity (Wildman–Crippen MR) is 56.2 cm³/mol. The van der Waals surface area contributed by atoms with E-state index in [1.807, 2.05) is 30.3 Å². The lowest BCUT2D eigenvalue weighted by atomic mass is 9.93. The second-order valence-corrected chi connectivity index (χ2v) is 3.23.